The van der Waals surface area contributed by atoms with Crippen LogP contribution in [0.5, 0.6) is 0 Å². The molecule has 9 heteroatoms. The van der Waals surface area contributed by atoms with Crippen molar-refractivity contribution in [2.75, 3.05) is 12.0 Å². The molecule has 2 aromatic rings. The minimum Gasteiger partial charge on any atom is -0.382 e. The Morgan fingerprint density at radius 2 is 2.10 bits per heavy atom. The quantitative estimate of drug-likeness (QED) is 0.884. The number of sulfone groups is 1. The number of hydrogen-bond acceptors (Lipinski definition) is 5. The van der Waals surface area contributed by atoms with Crippen LogP contribution in [0, 0.1) is 0 Å². The van der Waals surface area contributed by atoms with E-state index in [0.717, 1.165) is 6.26 Å². The first-order valence-corrected chi connectivity index (χ1v) is 8.69. The molecule has 114 valence electrons. The van der Waals surface area contributed by atoms with Crippen molar-refractivity contribution in [3.05, 3.63) is 46.5 Å². The molecule has 0 saturated heterocycles. The maximum absolute atomic E-state index is 11.7. The highest BCUT2D eigenvalue weighted by atomic mass is 35.5. The van der Waals surface area contributed by atoms with Crippen molar-refractivity contribution in [1.82, 2.24) is 14.8 Å². The van der Waals surface area contributed by atoms with E-state index < -0.39 is 21.2 Å². The van der Waals surface area contributed by atoms with Gasteiger partial charge in [0.15, 0.2) is 9.84 Å². The molecule has 21 heavy (non-hydrogen) atoms. The van der Waals surface area contributed by atoms with Crippen molar-refractivity contribution < 1.29 is 13.5 Å². The van der Waals surface area contributed by atoms with Gasteiger partial charge in [-0.3, -0.25) is 0 Å². The molecular formula is C12H13Cl2N3O3S. The number of benzene rings is 1. The van der Waals surface area contributed by atoms with Crippen LogP contribution in [0.3, 0.4) is 0 Å². The van der Waals surface area contributed by atoms with E-state index in [9.17, 15) is 13.5 Å². The van der Waals surface area contributed by atoms with E-state index in [0.29, 0.717) is 5.02 Å². The second-order valence-electron chi connectivity index (χ2n) is 4.82. The van der Waals surface area contributed by atoms with Crippen molar-refractivity contribution >= 4 is 33.0 Å². The maximum atomic E-state index is 11.7. The van der Waals surface area contributed by atoms with E-state index >= 15 is 0 Å². The lowest BCUT2D eigenvalue weighted by Gasteiger charge is -2.28. The number of rotatable bonds is 5. The molecule has 1 aromatic carbocycles. The van der Waals surface area contributed by atoms with Crippen LogP contribution in [0.2, 0.25) is 10.0 Å². The molecule has 2 rings (SSSR count). The van der Waals surface area contributed by atoms with Gasteiger partial charge in [-0.15, -0.1) is 0 Å². The molecule has 0 aliphatic carbocycles. The largest absolute Gasteiger partial charge is 0.382 e. The summed E-state index contributed by atoms with van der Waals surface area (Å²) in [5, 5.41) is 15.3. The first-order chi connectivity index (χ1) is 9.70. The van der Waals surface area contributed by atoms with Crippen LogP contribution >= 0.6 is 23.2 Å². The van der Waals surface area contributed by atoms with E-state index in [-0.39, 0.29) is 17.1 Å². The third-order valence-corrected chi connectivity index (χ3v) is 4.37. The zero-order valence-electron chi connectivity index (χ0n) is 11.1. The minimum atomic E-state index is -3.46. The van der Waals surface area contributed by atoms with Crippen molar-refractivity contribution in [2.45, 2.75) is 12.1 Å². The van der Waals surface area contributed by atoms with Crippen molar-refractivity contribution in [3.63, 3.8) is 0 Å². The van der Waals surface area contributed by atoms with E-state index in [1.54, 1.807) is 0 Å². The average molecular weight is 350 g/mol. The fourth-order valence-electron chi connectivity index (χ4n) is 2.09. The van der Waals surface area contributed by atoms with Gasteiger partial charge in [-0.2, -0.15) is 5.10 Å². The summed E-state index contributed by atoms with van der Waals surface area (Å²) < 4.78 is 24.6. The Morgan fingerprint density at radius 1 is 1.38 bits per heavy atom. The van der Waals surface area contributed by atoms with Crippen LogP contribution in [0.4, 0.5) is 0 Å². The number of hydrogen-bond donors (Lipinski definition) is 1. The smallest absolute Gasteiger partial charge is 0.150 e. The van der Waals surface area contributed by atoms with E-state index in [1.807, 2.05) is 0 Å². The molecule has 6 nitrogen and oxygen atoms in total. The Hall–Kier alpha value is -1.15. The number of nitrogens with zero attached hydrogens (tertiary/aromatic N) is 3. The highest BCUT2D eigenvalue weighted by Crippen LogP contribution is 2.32. The van der Waals surface area contributed by atoms with Crippen LogP contribution in [0.1, 0.15) is 5.56 Å². The lowest BCUT2D eigenvalue weighted by atomic mass is 9.95. The van der Waals surface area contributed by atoms with Crippen LogP contribution in [0.15, 0.2) is 30.9 Å². The van der Waals surface area contributed by atoms with Gasteiger partial charge < -0.3 is 5.11 Å². The molecule has 0 bridgehead atoms. The summed E-state index contributed by atoms with van der Waals surface area (Å²) in [7, 11) is -3.46. The SMILES string of the molecule is CS(=O)(=O)CC(O)(Cn1cncn1)c1ccc(Cl)cc1Cl. The molecule has 0 radical (unpaired) electrons. The molecule has 0 spiro atoms. The van der Waals surface area contributed by atoms with E-state index in [2.05, 4.69) is 10.1 Å². The Labute approximate surface area is 132 Å². The molecule has 0 aliphatic rings. The molecule has 1 heterocycles. The van der Waals surface area contributed by atoms with E-state index in [4.69, 9.17) is 23.2 Å². The highest BCUT2D eigenvalue weighted by molar-refractivity contribution is 7.90. The summed E-state index contributed by atoms with van der Waals surface area (Å²) in [6, 6.07) is 4.50. The highest BCUT2D eigenvalue weighted by Gasteiger charge is 2.36. The van der Waals surface area contributed by atoms with Crippen molar-refractivity contribution in [3.8, 4) is 0 Å². The van der Waals surface area contributed by atoms with Gasteiger partial charge in [0.1, 0.15) is 18.3 Å². The first-order valence-electron chi connectivity index (χ1n) is 5.88. The predicted molar refractivity (Wildman–Crippen MR) is 80.1 cm³/mol. The number of halogens is 2. The molecular weight excluding hydrogens is 337 g/mol. The molecule has 0 amide bonds. The molecule has 1 N–H and O–H groups in total. The minimum absolute atomic E-state index is 0.0958. The zero-order valence-corrected chi connectivity index (χ0v) is 13.4. The summed E-state index contributed by atoms with van der Waals surface area (Å²) >= 11 is 11.9. The van der Waals surface area contributed by atoms with Gasteiger partial charge in [0, 0.05) is 21.9 Å². The molecule has 0 saturated carbocycles. The van der Waals surface area contributed by atoms with Gasteiger partial charge >= 0.3 is 0 Å². The van der Waals surface area contributed by atoms with Gasteiger partial charge in [-0.1, -0.05) is 29.3 Å². The topological polar surface area (TPSA) is 85.1 Å². The van der Waals surface area contributed by atoms with Crippen LogP contribution in [-0.4, -0.2) is 40.3 Å². The third-order valence-electron chi connectivity index (χ3n) is 2.82. The Bertz CT molecular complexity index is 734. The van der Waals surface area contributed by atoms with Crippen molar-refractivity contribution in [2.24, 2.45) is 0 Å². The van der Waals surface area contributed by atoms with Gasteiger partial charge in [-0.25, -0.2) is 18.1 Å². The van der Waals surface area contributed by atoms with Gasteiger partial charge in [-0.05, 0) is 12.1 Å². The van der Waals surface area contributed by atoms with E-state index in [1.165, 1.54) is 35.5 Å². The van der Waals surface area contributed by atoms with Crippen molar-refractivity contribution in [1.29, 1.82) is 0 Å². The molecule has 0 aliphatic heterocycles. The third kappa shape index (κ3) is 4.16. The summed E-state index contributed by atoms with van der Waals surface area (Å²) in [4.78, 5) is 3.77. The normalized spacial score (nSPS) is 14.9. The molecule has 1 unspecified atom stereocenters. The van der Waals surface area contributed by atoms with Gasteiger partial charge in [0.25, 0.3) is 0 Å². The molecule has 1 atom stereocenters. The monoisotopic (exact) mass is 349 g/mol. The molecule has 1 aromatic heterocycles. The lowest BCUT2D eigenvalue weighted by Crippen LogP contribution is -2.39. The fraction of sp³-hybridized carbons (Fsp3) is 0.333. The van der Waals surface area contributed by atoms with Crippen LogP contribution in [-0.2, 0) is 22.0 Å². The standard InChI is InChI=1S/C12H13Cl2N3O3S/c1-21(19,20)6-12(18,5-17-8-15-7-16-17)10-3-2-9(13)4-11(10)14/h2-4,7-8,18H,5-6H2,1H3. The maximum Gasteiger partial charge on any atom is 0.150 e. The first kappa shape index (κ1) is 16.2. The number of aromatic nitrogens is 3. The predicted octanol–water partition coefficient (Wildman–Crippen LogP) is 1.52. The van der Waals surface area contributed by atoms with Crippen LogP contribution < -0.4 is 0 Å². The Morgan fingerprint density at radius 3 is 2.62 bits per heavy atom. The second kappa shape index (κ2) is 5.92. The average Bonchev–Trinajstić information content (AvgIpc) is 2.78. The number of aliphatic hydroxyl groups is 1. The zero-order chi connectivity index (χ0) is 15.7. The van der Waals surface area contributed by atoms with Gasteiger partial charge in [0.05, 0.1) is 12.3 Å². The Kier molecular flexibility index (Phi) is 4.57. The second-order valence-corrected chi connectivity index (χ2v) is 7.80. The fourth-order valence-corrected chi connectivity index (χ4v) is 3.79. The summed E-state index contributed by atoms with van der Waals surface area (Å²) in [6.45, 7) is -0.0958. The van der Waals surface area contributed by atoms with Crippen LogP contribution in [0.25, 0.3) is 0 Å². The summed E-state index contributed by atoms with van der Waals surface area (Å²) in [5.41, 5.74) is -1.46. The summed E-state index contributed by atoms with van der Waals surface area (Å²) in [5.74, 6) is -0.499. The van der Waals surface area contributed by atoms with Gasteiger partial charge in [0.2, 0.25) is 0 Å². The lowest BCUT2D eigenvalue weighted by molar-refractivity contribution is 0.0381. The Balaban J connectivity index is 2.48. The molecule has 0 fully saturated rings. The summed E-state index contributed by atoms with van der Waals surface area (Å²) in [6.07, 6.45) is 3.73.